The Bertz CT molecular complexity index is 663. The molecular formula is C17H23Cl2OP2Ti+. The van der Waals surface area contributed by atoms with Crippen LogP contribution in [0.25, 0.3) is 0 Å². The number of hydrogen-bond donors (Lipinski definition) is 1. The Morgan fingerprint density at radius 3 is 2.22 bits per heavy atom. The Balaban J connectivity index is 0.000000816. The molecule has 6 heteroatoms. The van der Waals surface area contributed by atoms with Gasteiger partial charge in [0.05, 0.1) is 18.6 Å². The third kappa shape index (κ3) is 6.32. The van der Waals surface area contributed by atoms with E-state index in [2.05, 4.69) is 51.4 Å². The zero-order chi connectivity index (χ0) is 17.6. The van der Waals surface area contributed by atoms with Crippen molar-refractivity contribution in [2.24, 2.45) is 0 Å². The number of phenols is 1. The topological polar surface area (TPSA) is 20.2 Å². The number of aryl methyl sites for hydroxylation is 3. The van der Waals surface area contributed by atoms with Gasteiger partial charge in [-0.2, -0.15) is 0 Å². The standard InChI is InChI=1S/C17H22OP2.2ClH.Ti/c1-11-9-13(3)16(18)14(10-11)19-17-12(2)7-6-8-15(17)20(4)5;;;/h6-10,18-19H,1-5H3;2*1H;/q;;;+2/p-1. The van der Waals surface area contributed by atoms with Crippen LogP contribution in [0.4, 0.5) is 0 Å². The first kappa shape index (κ1) is 21.4. The molecule has 0 aromatic heterocycles. The number of rotatable bonds is 3. The molecule has 0 aliphatic carbocycles. The molecular weight excluding hydrogens is 401 g/mol. The van der Waals surface area contributed by atoms with E-state index < -0.39 is 25.0 Å². The van der Waals surface area contributed by atoms with E-state index in [4.69, 9.17) is 18.6 Å². The summed E-state index contributed by atoms with van der Waals surface area (Å²) in [5, 5.41) is 14.3. The van der Waals surface area contributed by atoms with Crippen LogP contribution in [0.1, 0.15) is 16.7 Å². The molecule has 0 heterocycles. The van der Waals surface area contributed by atoms with Crippen LogP contribution in [0.2, 0.25) is 0 Å². The Morgan fingerprint density at radius 1 is 1.04 bits per heavy atom. The molecule has 0 fully saturated rings. The van der Waals surface area contributed by atoms with E-state index in [1.165, 1.54) is 21.7 Å². The van der Waals surface area contributed by atoms with Crippen LogP contribution >= 0.6 is 35.1 Å². The van der Waals surface area contributed by atoms with Gasteiger partial charge in [-0.1, -0.05) is 26.8 Å². The molecule has 1 unspecified atom stereocenters. The first-order valence-corrected chi connectivity index (χ1v) is 15.0. The summed E-state index contributed by atoms with van der Waals surface area (Å²) in [5.74, 6) is 0.462. The monoisotopic (exact) mass is 423 g/mol. The maximum atomic E-state index is 10.3. The van der Waals surface area contributed by atoms with Gasteiger partial charge >= 0.3 is 35.6 Å². The van der Waals surface area contributed by atoms with Crippen LogP contribution in [0, 0.1) is 20.8 Å². The molecule has 2 aromatic carbocycles. The van der Waals surface area contributed by atoms with Crippen molar-refractivity contribution in [2.45, 2.75) is 20.8 Å². The normalized spacial score (nSPS) is 10.8. The summed E-state index contributed by atoms with van der Waals surface area (Å²) in [6.45, 7) is 10.9. The quantitative estimate of drug-likeness (QED) is 0.572. The van der Waals surface area contributed by atoms with Crippen LogP contribution in [0.3, 0.4) is 0 Å². The van der Waals surface area contributed by atoms with Crippen molar-refractivity contribution in [1.82, 2.24) is 0 Å². The predicted molar refractivity (Wildman–Crippen MR) is 108 cm³/mol. The molecule has 0 saturated carbocycles. The second-order valence-corrected chi connectivity index (χ2v) is 12.1. The summed E-state index contributed by atoms with van der Waals surface area (Å²) in [4.78, 5) is 0. The Morgan fingerprint density at radius 2 is 1.65 bits per heavy atom. The van der Waals surface area contributed by atoms with Gasteiger partial charge in [-0.05, 0) is 49.6 Å². The van der Waals surface area contributed by atoms with Crippen molar-refractivity contribution in [2.75, 3.05) is 13.3 Å². The minimum atomic E-state index is -0.556. The first-order chi connectivity index (χ1) is 10.8. The van der Waals surface area contributed by atoms with Crippen molar-refractivity contribution in [1.29, 1.82) is 0 Å². The second-order valence-electron chi connectivity index (χ2n) is 5.67. The van der Waals surface area contributed by atoms with Crippen molar-refractivity contribution < 1.29 is 22.1 Å². The molecule has 2 rings (SSSR count). The summed E-state index contributed by atoms with van der Waals surface area (Å²) in [5.41, 5.74) is 3.53. The van der Waals surface area contributed by atoms with Gasteiger partial charge < -0.3 is 5.11 Å². The predicted octanol–water partition coefficient (Wildman–Crippen LogP) is 4.42. The SMILES string of the molecule is Cc1cc(C)c(O)c(Pc2c(C)cccc2[PH+](C)C)c1.[Cl][Ti][Cl]. The van der Waals surface area contributed by atoms with Crippen LogP contribution in [0.5, 0.6) is 5.75 Å². The van der Waals surface area contributed by atoms with Gasteiger partial charge in [-0.25, -0.2) is 0 Å². The fourth-order valence-corrected chi connectivity index (χ4v) is 5.89. The summed E-state index contributed by atoms with van der Waals surface area (Å²) >= 11 is -0.556. The van der Waals surface area contributed by atoms with Gasteiger partial charge in [0.25, 0.3) is 0 Å². The van der Waals surface area contributed by atoms with E-state index >= 15 is 0 Å². The fourth-order valence-electron chi connectivity index (χ4n) is 2.44. The second kappa shape index (κ2) is 10.4. The van der Waals surface area contributed by atoms with E-state index in [1.54, 1.807) is 0 Å². The number of halogens is 2. The Hall–Kier alpha value is 0.394. The molecule has 1 atom stereocenters. The molecule has 1 N–H and O–H groups in total. The average Bonchev–Trinajstić information content (AvgIpc) is 2.46. The van der Waals surface area contributed by atoms with Gasteiger partial charge in [0, 0.05) is 18.5 Å². The fraction of sp³-hybridized carbons (Fsp3) is 0.294. The number of aromatic hydroxyl groups is 1. The van der Waals surface area contributed by atoms with E-state index in [-0.39, 0.29) is 0 Å². The van der Waals surface area contributed by atoms with E-state index in [1.807, 2.05) is 13.0 Å². The molecule has 0 aliphatic rings. The van der Waals surface area contributed by atoms with Gasteiger partial charge in [-0.3, -0.25) is 0 Å². The first-order valence-electron chi connectivity index (χ1n) is 7.25. The van der Waals surface area contributed by atoms with Gasteiger partial charge in [0.2, 0.25) is 0 Å². The van der Waals surface area contributed by atoms with Gasteiger partial charge in [0.1, 0.15) is 5.75 Å². The molecule has 0 amide bonds. The molecule has 0 bridgehead atoms. The van der Waals surface area contributed by atoms with Gasteiger partial charge in [0.15, 0.2) is 0 Å². The van der Waals surface area contributed by atoms with Crippen molar-refractivity contribution in [3.05, 3.63) is 47.0 Å². The summed E-state index contributed by atoms with van der Waals surface area (Å²) in [6.07, 6.45) is 0. The van der Waals surface area contributed by atoms with E-state index in [0.717, 1.165) is 10.9 Å². The zero-order valence-electron chi connectivity index (χ0n) is 14.1. The molecule has 0 radical (unpaired) electrons. The molecule has 23 heavy (non-hydrogen) atoms. The van der Waals surface area contributed by atoms with E-state index in [0.29, 0.717) is 14.3 Å². The van der Waals surface area contributed by atoms with Crippen molar-refractivity contribution in [3.63, 3.8) is 0 Å². The number of hydrogen-bond acceptors (Lipinski definition) is 1. The summed E-state index contributed by atoms with van der Waals surface area (Å²) in [6, 6.07) is 10.7. The molecule has 0 spiro atoms. The number of benzene rings is 2. The number of phenolic OH excluding ortho intramolecular Hbond substituents is 1. The summed E-state index contributed by atoms with van der Waals surface area (Å²) in [7, 11) is 9.82. The van der Waals surface area contributed by atoms with Crippen LogP contribution in [-0.4, -0.2) is 18.4 Å². The zero-order valence-corrected chi connectivity index (χ0v) is 19.2. The van der Waals surface area contributed by atoms with Crippen LogP contribution in [-0.2, 0) is 17.0 Å². The van der Waals surface area contributed by atoms with Crippen LogP contribution in [0.15, 0.2) is 30.3 Å². The molecule has 2 aromatic rings. The van der Waals surface area contributed by atoms with Crippen molar-refractivity contribution in [3.8, 4) is 5.75 Å². The molecule has 124 valence electrons. The Kier molecular flexibility index (Phi) is 9.69. The van der Waals surface area contributed by atoms with Crippen LogP contribution < -0.4 is 15.9 Å². The average molecular weight is 424 g/mol. The maximum absolute atomic E-state index is 10.3. The van der Waals surface area contributed by atoms with Crippen molar-refractivity contribution >= 4 is 51.0 Å². The molecule has 1 nitrogen and oxygen atoms in total. The summed E-state index contributed by atoms with van der Waals surface area (Å²) < 4.78 is 0. The van der Waals surface area contributed by atoms with Gasteiger partial charge in [-0.15, -0.1) is 0 Å². The molecule has 0 saturated heterocycles. The van der Waals surface area contributed by atoms with E-state index in [9.17, 15) is 5.11 Å². The Labute approximate surface area is 159 Å². The third-order valence-electron chi connectivity index (χ3n) is 3.52. The third-order valence-corrected chi connectivity index (χ3v) is 6.82. The minimum absolute atomic E-state index is 0.462. The molecule has 0 aliphatic heterocycles.